The molecule has 0 saturated heterocycles. The van der Waals surface area contributed by atoms with Crippen LogP contribution in [0.4, 0.5) is 55.0 Å². The van der Waals surface area contributed by atoms with E-state index in [1.54, 1.807) is 131 Å². The number of aryl methyl sites for hydroxylation is 2. The molecule has 9 aromatic heterocycles. The highest BCUT2D eigenvalue weighted by atomic mass is 127. The lowest BCUT2D eigenvalue weighted by molar-refractivity contribution is 0.282. The predicted molar refractivity (Wildman–Crippen MR) is 549 cm³/mol. The average molecular weight is 2540 g/mol. The van der Waals surface area contributed by atoms with Gasteiger partial charge in [-0.1, -0.05) is 114 Å². The molecular weight excluding hydrogens is 2460 g/mol. The number of anilines is 5. The average Bonchev–Trinajstić information content (AvgIpc) is 1.57. The van der Waals surface area contributed by atoms with Gasteiger partial charge in [0.05, 0.1) is 70.4 Å². The Hall–Kier alpha value is -8.03. The van der Waals surface area contributed by atoms with Crippen molar-refractivity contribution in [1.82, 2.24) is 53.1 Å². The molecule has 15 aromatic rings. The first-order valence-corrected chi connectivity index (χ1v) is 56.2. The highest BCUT2D eigenvalue weighted by molar-refractivity contribution is 14.1. The van der Waals surface area contributed by atoms with Crippen molar-refractivity contribution in [3.8, 4) is 0 Å². The molecule has 20 rings (SSSR count). The van der Waals surface area contributed by atoms with Gasteiger partial charge >= 0.3 is 0 Å². The number of aromatic nitrogens is 11. The van der Waals surface area contributed by atoms with E-state index in [-0.39, 0.29) is 141 Å². The number of hydrogen-bond donors (Lipinski definition) is 7. The number of benzene rings is 6. The number of halogens is 15. The number of hydrogen-bond acceptors (Lipinski definition) is 20. The normalized spacial score (nSPS) is 15.1. The first kappa shape index (κ1) is 103. The molecule has 49 heteroatoms. The van der Waals surface area contributed by atoms with Crippen LogP contribution >= 0.6 is 146 Å². The monoisotopic (exact) mass is 2530 g/mol. The van der Waals surface area contributed by atoms with Crippen molar-refractivity contribution in [3.05, 3.63) is 289 Å². The third kappa shape index (κ3) is 22.8. The number of nitrogens with one attached hydrogen (secondary N) is 5. The zero-order valence-electron chi connectivity index (χ0n) is 72.1. The number of rotatable bonds is 29. The molecule has 0 aliphatic heterocycles. The molecule has 29 nitrogen and oxygen atoms in total. The van der Waals surface area contributed by atoms with Crippen LogP contribution < -0.4 is 23.6 Å². The summed E-state index contributed by atoms with van der Waals surface area (Å²) in [6, 6.07) is 27.5. The van der Waals surface area contributed by atoms with E-state index in [0.29, 0.717) is 152 Å². The van der Waals surface area contributed by atoms with Gasteiger partial charge in [-0.3, -0.25) is 23.6 Å². The number of nitrogens with zero attached hydrogens (tertiary/aromatic N) is 11. The summed E-state index contributed by atoms with van der Waals surface area (Å²) in [5.41, 5.74) is 6.47. The molecular formula is C89H79Br2Cl4F6I3N16O13S5. The van der Waals surface area contributed by atoms with Crippen molar-refractivity contribution < 1.29 is 83.2 Å². The molecule has 5 fully saturated rings. The molecule has 0 radical (unpaired) electrons. The van der Waals surface area contributed by atoms with E-state index >= 15 is 8.78 Å². The summed E-state index contributed by atoms with van der Waals surface area (Å²) in [5, 5.41) is 26.6. The third-order valence-corrected chi connectivity index (χ3v) is 38.3. The van der Waals surface area contributed by atoms with Gasteiger partial charge in [0.15, 0.2) is 28.6 Å². The second kappa shape index (κ2) is 41.4. The number of sulfonamides is 5. The van der Waals surface area contributed by atoms with Gasteiger partial charge in [0.25, 0.3) is 0 Å². The fourth-order valence-electron chi connectivity index (χ4n) is 15.2. The zero-order valence-corrected chi connectivity index (χ0v) is 88.9. The minimum Gasteiger partial charge on any atom is -0.396 e. The molecule has 138 heavy (non-hydrogen) atoms. The van der Waals surface area contributed by atoms with Gasteiger partial charge < -0.3 is 28.1 Å². The van der Waals surface area contributed by atoms with Gasteiger partial charge in [-0.2, -0.15) is 5.10 Å². The Kier molecular flexibility index (Phi) is 30.8. The zero-order chi connectivity index (χ0) is 98.8. The topological polar surface area (TPSA) is 393 Å². The molecule has 6 aromatic carbocycles. The van der Waals surface area contributed by atoms with Gasteiger partial charge in [-0.15, -0.1) is 0 Å². The van der Waals surface area contributed by atoms with Gasteiger partial charge in [0.1, 0.15) is 56.8 Å². The molecule has 0 spiro atoms. The number of fused-ring (bicyclic) bond motifs is 5. The van der Waals surface area contributed by atoms with E-state index in [0.717, 1.165) is 20.7 Å². The maximum atomic E-state index is 15.3. The van der Waals surface area contributed by atoms with Crippen molar-refractivity contribution in [3.63, 3.8) is 0 Å². The largest absolute Gasteiger partial charge is 0.396 e. The fraction of sp³-hybridized carbons (Fsp3) is 0.292. The van der Waals surface area contributed by atoms with Gasteiger partial charge in [-0.25, -0.2) is 97.9 Å². The minimum absolute atomic E-state index is 0.0655. The van der Waals surface area contributed by atoms with E-state index in [2.05, 4.69) is 90.6 Å². The Balaban J connectivity index is 0.000000125. The first-order valence-electron chi connectivity index (χ1n) is 42.3. The van der Waals surface area contributed by atoms with Crippen LogP contribution in [-0.4, -0.2) is 144 Å². The molecule has 728 valence electrons. The highest BCUT2D eigenvalue weighted by Gasteiger charge is 2.56. The van der Waals surface area contributed by atoms with Crippen LogP contribution in [0, 0.1) is 52.5 Å². The van der Waals surface area contributed by atoms with Crippen LogP contribution in [0.3, 0.4) is 0 Å². The number of imidazole rings is 3. The fourth-order valence-corrected chi connectivity index (χ4v) is 26.1. The molecule has 0 amide bonds. The molecule has 5 aliphatic carbocycles. The van der Waals surface area contributed by atoms with E-state index in [1.807, 2.05) is 79.9 Å². The minimum atomic E-state index is -3.97. The quantitative estimate of drug-likeness (QED) is 0.0130. The number of pyridine rings is 3. The maximum Gasteiger partial charge on any atom is 0.239 e. The first-order chi connectivity index (χ1) is 65.4. The Bertz CT molecular complexity index is 7790. The molecule has 0 atom stereocenters. The third-order valence-electron chi connectivity index (χ3n) is 23.8. The van der Waals surface area contributed by atoms with Crippen molar-refractivity contribution in [2.24, 2.45) is 7.05 Å². The van der Waals surface area contributed by atoms with Gasteiger partial charge in [0.2, 0.25) is 55.7 Å². The van der Waals surface area contributed by atoms with Crippen LogP contribution in [0.5, 0.6) is 0 Å². The Labute approximate surface area is 865 Å². The van der Waals surface area contributed by atoms with E-state index < -0.39 is 88.1 Å². The standard InChI is InChI=1S/C19H18BrF2N3O4S.C19H18ClFIN3O3S.C18H16F2IN3O2S.C17H14ClFIN3O2S.C16H13BrCl2N4O2S/c1-10-16-17(29-24-10)15(22)13(8-11-2-3-12(20)9-14(11)21)18(23-16)25-30(27,28)19(4-5-19)6-7-26;20-17-14(9-12-1-2-13(22)10-15(12)21)16(11-25-7-6-23-18(17)25)24-29(27,28)19(3-4-19)5-8-26;1-24-9-22-18-16(24)8-15(23-27(25,26)12-4-5-12)13(17(18)20)6-10-2-3-11(21)7-14(10)19;18-16-13(7-10-1-2-11(20)8-14(10)19)15(9-23-6-5-21-17(16)23)22-26(24,25)12-3-4-12;17-10-2-1-9(13(18)8-10)7-12-15(19)23-14(5-6-20-23)21-16(12)22-26(24,25)11-3-4-11/h2-3,9,26H,4-8H2,1H3,(H,23,25);1-2,6-7,10-11,24,26H,3-5,8-9H2;2-3,7-9,12,23H,4-6H2,1H3;1-2,5-6,8-9,12,22H,3-4,7H2;1-2,5-6,8,11H,3-4,7H2,(H,21,22). The second-order valence-electron chi connectivity index (χ2n) is 33.6. The van der Waals surface area contributed by atoms with Crippen molar-refractivity contribution in [2.45, 2.75) is 141 Å². The van der Waals surface area contributed by atoms with Crippen LogP contribution in [0.1, 0.15) is 138 Å². The van der Waals surface area contributed by atoms with Gasteiger partial charge in [-0.05, 0) is 246 Å². The smallest absolute Gasteiger partial charge is 0.239 e. The summed E-state index contributed by atoms with van der Waals surface area (Å²) < 4.78 is 240. The molecule has 5 saturated carbocycles. The number of aliphatic hydroxyl groups is 2. The van der Waals surface area contributed by atoms with Crippen molar-refractivity contribution in [2.75, 3.05) is 36.8 Å². The molecule has 9 heterocycles. The Morgan fingerprint density at radius 3 is 1.40 bits per heavy atom. The second-order valence-corrected chi connectivity index (χ2v) is 50.7. The van der Waals surface area contributed by atoms with Crippen molar-refractivity contribution in [1.29, 1.82) is 0 Å². The molecule has 0 bridgehead atoms. The summed E-state index contributed by atoms with van der Waals surface area (Å²) >= 11 is 38.5. The molecule has 7 N–H and O–H groups in total. The SMILES string of the molecule is Cc1noc2c(F)c(Cc3ccc(Br)cc3F)c(NS(=O)(=O)C3(CCO)CC3)nc12.Cn1cnc2c(F)c(Cc3ccc(I)cc3F)c(NS(=O)(=O)C3CC3)cc21.O=S(=O)(Nc1cn2ccnc2c(Cl)c1Cc1ccc(I)cc1F)C1(CCO)CC1.O=S(=O)(Nc1cn2ccnc2c(Cl)c1Cc1ccc(I)cc1F)C1CC1.O=S(=O)(Nc1nc2ccnn2c(Cl)c1Cc1ccc(Br)cc1Cl)C1CC1. The Morgan fingerprint density at radius 1 is 0.486 bits per heavy atom. The summed E-state index contributed by atoms with van der Waals surface area (Å²) in [6.45, 7) is 1.06. The number of aliphatic hydroxyl groups excluding tert-OH is 2. The predicted octanol–water partition coefficient (Wildman–Crippen LogP) is 20.3. The summed E-state index contributed by atoms with van der Waals surface area (Å²) in [5.74, 6) is -3.29. The van der Waals surface area contributed by atoms with Crippen molar-refractivity contribution >= 4 is 264 Å². The van der Waals surface area contributed by atoms with Crippen LogP contribution in [0.15, 0.2) is 166 Å². The van der Waals surface area contributed by atoms with Crippen LogP contribution in [0.25, 0.3) is 39.1 Å². The summed E-state index contributed by atoms with van der Waals surface area (Å²) in [6.07, 6.45) is 18.8. The van der Waals surface area contributed by atoms with Crippen LogP contribution in [-0.2, 0) is 89.3 Å². The maximum absolute atomic E-state index is 15.3. The summed E-state index contributed by atoms with van der Waals surface area (Å²) in [4.78, 5) is 21.1. The van der Waals surface area contributed by atoms with Crippen LogP contribution in [0.2, 0.25) is 20.2 Å². The lowest BCUT2D eigenvalue weighted by Crippen LogP contribution is -2.31. The highest BCUT2D eigenvalue weighted by Crippen LogP contribution is 2.50. The van der Waals surface area contributed by atoms with E-state index in [9.17, 15) is 69.9 Å². The lowest BCUT2D eigenvalue weighted by atomic mass is 10.0. The Morgan fingerprint density at radius 2 is 0.920 bits per heavy atom. The molecule has 0 unspecified atom stereocenters. The van der Waals surface area contributed by atoms with E-state index in [1.165, 1.54) is 41.2 Å². The van der Waals surface area contributed by atoms with E-state index in [4.69, 9.17) is 50.9 Å². The van der Waals surface area contributed by atoms with Gasteiger partial charge in [0, 0.05) is 148 Å². The summed E-state index contributed by atoms with van der Waals surface area (Å²) in [7, 11) is -16.6. The lowest BCUT2D eigenvalue weighted by Gasteiger charge is -2.20. The molecule has 5 aliphatic rings.